The van der Waals surface area contributed by atoms with Gasteiger partial charge < -0.3 is 19.5 Å². The van der Waals surface area contributed by atoms with Crippen molar-refractivity contribution < 1.29 is 14.6 Å². The number of hydrogen-bond acceptors (Lipinski definition) is 7. The smallest absolute Gasteiger partial charge is 0.322 e. The number of aromatic nitrogens is 3. The number of aliphatic hydroxyl groups excluding tert-OH is 1. The molecule has 0 radical (unpaired) electrons. The van der Waals surface area contributed by atoms with Crippen LogP contribution in [0.2, 0.25) is 5.28 Å². The first-order valence-electron chi connectivity index (χ1n) is 6.57. The molecule has 1 aliphatic rings. The van der Waals surface area contributed by atoms with Gasteiger partial charge in [-0.25, -0.2) is 0 Å². The van der Waals surface area contributed by atoms with Crippen molar-refractivity contribution in [3.63, 3.8) is 0 Å². The van der Waals surface area contributed by atoms with E-state index >= 15 is 0 Å². The van der Waals surface area contributed by atoms with Crippen LogP contribution in [0, 0.1) is 0 Å². The van der Waals surface area contributed by atoms with E-state index in [2.05, 4.69) is 15.0 Å². The van der Waals surface area contributed by atoms with Gasteiger partial charge in [0.2, 0.25) is 11.2 Å². The average Bonchev–Trinajstić information content (AvgIpc) is 2.37. The van der Waals surface area contributed by atoms with E-state index in [-0.39, 0.29) is 36.2 Å². The van der Waals surface area contributed by atoms with Crippen molar-refractivity contribution in [2.45, 2.75) is 39.0 Å². The largest absolute Gasteiger partial charge is 0.461 e. The van der Waals surface area contributed by atoms with Crippen LogP contribution in [0.25, 0.3) is 0 Å². The first-order chi connectivity index (χ1) is 9.49. The van der Waals surface area contributed by atoms with Crippen LogP contribution in [0.5, 0.6) is 6.01 Å². The number of morpholine rings is 1. The summed E-state index contributed by atoms with van der Waals surface area (Å²) in [4.78, 5) is 14.3. The van der Waals surface area contributed by atoms with Gasteiger partial charge in [0.05, 0.1) is 31.5 Å². The van der Waals surface area contributed by atoms with Gasteiger partial charge in [-0.2, -0.15) is 15.0 Å². The van der Waals surface area contributed by atoms with Gasteiger partial charge in [-0.05, 0) is 32.4 Å². The third-order valence-electron chi connectivity index (χ3n) is 2.88. The van der Waals surface area contributed by atoms with Crippen LogP contribution in [-0.2, 0) is 4.74 Å². The molecule has 1 aliphatic heterocycles. The Hall–Kier alpha value is -1.18. The number of nitrogens with zero attached hydrogens (tertiary/aromatic N) is 4. The lowest BCUT2D eigenvalue weighted by molar-refractivity contribution is -0.0109. The molecule has 1 aromatic heterocycles. The summed E-state index contributed by atoms with van der Waals surface area (Å²) in [5.74, 6) is 0.440. The van der Waals surface area contributed by atoms with Gasteiger partial charge in [0.1, 0.15) is 0 Å². The first-order valence-corrected chi connectivity index (χ1v) is 6.94. The van der Waals surface area contributed by atoms with Crippen LogP contribution in [0.3, 0.4) is 0 Å². The average molecular weight is 303 g/mol. The van der Waals surface area contributed by atoms with Crippen LogP contribution in [-0.4, -0.2) is 58.1 Å². The molecule has 0 amide bonds. The summed E-state index contributed by atoms with van der Waals surface area (Å²) in [6, 6.07) is 0.289. The molecule has 2 atom stereocenters. The second-order valence-corrected chi connectivity index (χ2v) is 5.33. The Morgan fingerprint density at radius 1 is 1.45 bits per heavy atom. The fraction of sp³-hybridized carbons (Fsp3) is 0.750. The molecule has 2 unspecified atom stereocenters. The summed E-state index contributed by atoms with van der Waals surface area (Å²) in [6.07, 6.45) is -0.301. The van der Waals surface area contributed by atoms with E-state index in [1.165, 1.54) is 0 Å². The second kappa shape index (κ2) is 6.51. The molecule has 2 heterocycles. The number of aliphatic hydroxyl groups is 1. The Morgan fingerprint density at radius 3 is 2.85 bits per heavy atom. The van der Waals surface area contributed by atoms with Crippen LogP contribution >= 0.6 is 11.6 Å². The summed E-state index contributed by atoms with van der Waals surface area (Å²) >= 11 is 5.92. The predicted octanol–water partition coefficient (Wildman–Crippen LogP) is 0.898. The quantitative estimate of drug-likeness (QED) is 0.885. The minimum atomic E-state index is -0.254. The zero-order valence-corrected chi connectivity index (χ0v) is 12.5. The molecule has 112 valence electrons. The van der Waals surface area contributed by atoms with E-state index in [1.54, 1.807) is 0 Å². The maximum Gasteiger partial charge on any atom is 0.322 e. The van der Waals surface area contributed by atoms with Crippen molar-refractivity contribution in [3.8, 4) is 6.01 Å². The highest BCUT2D eigenvalue weighted by molar-refractivity contribution is 6.28. The van der Waals surface area contributed by atoms with Gasteiger partial charge in [0.15, 0.2) is 0 Å². The summed E-state index contributed by atoms with van der Waals surface area (Å²) < 4.78 is 10.9. The van der Waals surface area contributed by atoms with Crippen molar-refractivity contribution in [2.24, 2.45) is 0 Å². The van der Waals surface area contributed by atoms with Gasteiger partial charge in [0, 0.05) is 6.54 Å². The molecule has 20 heavy (non-hydrogen) atoms. The molecule has 0 bridgehead atoms. The number of hydrogen-bond donors (Lipinski definition) is 1. The van der Waals surface area contributed by atoms with Gasteiger partial charge in [-0.3, -0.25) is 0 Å². The predicted molar refractivity (Wildman–Crippen MR) is 74.2 cm³/mol. The van der Waals surface area contributed by atoms with E-state index in [0.29, 0.717) is 19.1 Å². The Labute approximate surface area is 122 Å². The third kappa shape index (κ3) is 3.68. The number of rotatable bonds is 4. The highest BCUT2D eigenvalue weighted by Crippen LogP contribution is 2.21. The van der Waals surface area contributed by atoms with E-state index in [0.717, 1.165) is 0 Å². The number of anilines is 1. The topological polar surface area (TPSA) is 80.6 Å². The highest BCUT2D eigenvalue weighted by atomic mass is 35.5. The summed E-state index contributed by atoms with van der Waals surface area (Å²) in [5, 5.41) is 9.30. The Balaban J connectivity index is 2.23. The first kappa shape index (κ1) is 15.2. The standard InChI is InChI=1S/C12H19ClN4O3/c1-7(2)20-12-15-10(13)14-11(16-12)17-4-9(5-18)19-6-8(17)3/h7-9,18H,4-6H2,1-3H3. The molecule has 0 saturated carbocycles. The van der Waals surface area contributed by atoms with Crippen molar-refractivity contribution in [1.82, 2.24) is 15.0 Å². The van der Waals surface area contributed by atoms with Gasteiger partial charge >= 0.3 is 6.01 Å². The molecule has 1 aromatic rings. The molecule has 1 fully saturated rings. The minimum absolute atomic E-state index is 0.0443. The number of halogens is 1. The molecule has 0 aromatic carbocycles. The zero-order chi connectivity index (χ0) is 14.7. The van der Waals surface area contributed by atoms with Crippen LogP contribution in [0.1, 0.15) is 20.8 Å². The Bertz CT molecular complexity index is 460. The zero-order valence-electron chi connectivity index (χ0n) is 11.8. The van der Waals surface area contributed by atoms with Crippen LogP contribution < -0.4 is 9.64 Å². The van der Waals surface area contributed by atoms with Crippen LogP contribution in [0.4, 0.5) is 5.95 Å². The Kier molecular flexibility index (Phi) is 4.95. The highest BCUT2D eigenvalue weighted by Gasteiger charge is 2.28. The van der Waals surface area contributed by atoms with E-state index in [9.17, 15) is 5.11 Å². The molecule has 0 spiro atoms. The van der Waals surface area contributed by atoms with E-state index in [1.807, 2.05) is 25.7 Å². The molecule has 2 rings (SSSR count). The normalized spacial score (nSPS) is 23.2. The maximum atomic E-state index is 9.21. The van der Waals surface area contributed by atoms with E-state index < -0.39 is 0 Å². The van der Waals surface area contributed by atoms with Crippen molar-refractivity contribution in [2.75, 3.05) is 24.7 Å². The summed E-state index contributed by atoms with van der Waals surface area (Å²) in [6.45, 7) is 6.71. The number of ether oxygens (including phenoxy) is 2. The van der Waals surface area contributed by atoms with Gasteiger partial charge in [0.25, 0.3) is 0 Å². The Morgan fingerprint density at radius 2 is 2.20 bits per heavy atom. The van der Waals surface area contributed by atoms with Gasteiger partial charge in [-0.15, -0.1) is 0 Å². The maximum absolute atomic E-state index is 9.21. The van der Waals surface area contributed by atoms with E-state index in [4.69, 9.17) is 21.1 Å². The van der Waals surface area contributed by atoms with Crippen molar-refractivity contribution >= 4 is 17.5 Å². The lowest BCUT2D eigenvalue weighted by atomic mass is 10.2. The lowest BCUT2D eigenvalue weighted by Crippen LogP contribution is -2.50. The minimum Gasteiger partial charge on any atom is -0.461 e. The van der Waals surface area contributed by atoms with Crippen molar-refractivity contribution in [1.29, 1.82) is 0 Å². The van der Waals surface area contributed by atoms with Crippen molar-refractivity contribution in [3.05, 3.63) is 5.28 Å². The molecular formula is C12H19ClN4O3. The summed E-state index contributed by atoms with van der Waals surface area (Å²) in [5.41, 5.74) is 0. The molecule has 1 saturated heterocycles. The third-order valence-corrected chi connectivity index (χ3v) is 3.05. The fourth-order valence-electron chi connectivity index (χ4n) is 1.92. The molecule has 7 nitrogen and oxygen atoms in total. The molecule has 1 N–H and O–H groups in total. The summed E-state index contributed by atoms with van der Waals surface area (Å²) in [7, 11) is 0. The monoisotopic (exact) mass is 302 g/mol. The SMILES string of the molecule is CC(C)Oc1nc(Cl)nc(N2CC(CO)OCC2C)n1. The molecule has 8 heteroatoms. The molecular weight excluding hydrogens is 284 g/mol. The fourth-order valence-corrected chi connectivity index (χ4v) is 2.07. The lowest BCUT2D eigenvalue weighted by Gasteiger charge is -2.37. The van der Waals surface area contributed by atoms with Gasteiger partial charge in [-0.1, -0.05) is 0 Å². The second-order valence-electron chi connectivity index (χ2n) is 4.99. The molecule has 0 aliphatic carbocycles. The van der Waals surface area contributed by atoms with Crippen LogP contribution in [0.15, 0.2) is 0 Å².